The molecule has 1 fully saturated rings. The lowest BCUT2D eigenvalue weighted by Gasteiger charge is -2.18. The molecule has 2 aromatic carbocycles. The van der Waals surface area contributed by atoms with Gasteiger partial charge in [-0.25, -0.2) is 4.98 Å². The minimum Gasteiger partial charge on any atom is -0.376 e. The summed E-state index contributed by atoms with van der Waals surface area (Å²) in [6.45, 7) is 4.33. The second-order valence-corrected chi connectivity index (χ2v) is 9.28. The first-order valence-corrected chi connectivity index (χ1v) is 11.7. The molecule has 1 aromatic heterocycles. The predicted molar refractivity (Wildman–Crippen MR) is 130 cm³/mol. The fraction of sp³-hybridized carbons (Fsp3) is 0.333. The molecule has 33 heavy (non-hydrogen) atoms. The maximum atomic E-state index is 13.2. The van der Waals surface area contributed by atoms with Crippen molar-refractivity contribution < 1.29 is 14.3 Å². The van der Waals surface area contributed by atoms with Crippen LogP contribution in [-0.2, 0) is 20.9 Å². The number of carbonyl (C=O) groups excluding carboxylic acids is 2. The number of nitrogens with zero attached hydrogens (tertiary/aromatic N) is 2. The van der Waals surface area contributed by atoms with Crippen LogP contribution < -0.4 is 16.2 Å². The van der Waals surface area contributed by atoms with E-state index in [0.29, 0.717) is 40.6 Å². The molecule has 3 aromatic rings. The number of amides is 2. The van der Waals surface area contributed by atoms with Crippen molar-refractivity contribution in [2.24, 2.45) is 0 Å². The number of nitrogens with one attached hydrogen (secondary N) is 2. The van der Waals surface area contributed by atoms with Crippen LogP contribution in [0.3, 0.4) is 0 Å². The summed E-state index contributed by atoms with van der Waals surface area (Å²) in [6.07, 6.45) is 1.84. The summed E-state index contributed by atoms with van der Waals surface area (Å²) in [6, 6.07) is 14.1. The van der Waals surface area contributed by atoms with Gasteiger partial charge in [0, 0.05) is 24.9 Å². The van der Waals surface area contributed by atoms with Gasteiger partial charge in [0.05, 0.1) is 28.8 Å². The molecule has 8 nitrogen and oxygen atoms in total. The number of thioether (sulfide) groups is 1. The lowest BCUT2D eigenvalue weighted by Crippen LogP contribution is -2.30. The number of fused-ring (bicyclic) bond motifs is 1. The molecule has 4 rings (SSSR count). The summed E-state index contributed by atoms with van der Waals surface area (Å²) in [4.78, 5) is 41.9. The van der Waals surface area contributed by atoms with Crippen molar-refractivity contribution >= 4 is 45.9 Å². The third kappa shape index (κ3) is 5.61. The van der Waals surface area contributed by atoms with E-state index >= 15 is 0 Å². The summed E-state index contributed by atoms with van der Waals surface area (Å²) < 4.78 is 7.38. The van der Waals surface area contributed by atoms with E-state index in [2.05, 4.69) is 10.6 Å². The smallest absolute Gasteiger partial charge is 0.262 e. The first-order chi connectivity index (χ1) is 15.9. The Bertz CT molecular complexity index is 1220. The Morgan fingerprint density at radius 2 is 1.85 bits per heavy atom. The number of ether oxygens (including phenoxy) is 1. The summed E-state index contributed by atoms with van der Waals surface area (Å²) >= 11 is 1.25. The zero-order chi connectivity index (χ0) is 23.4. The average molecular weight is 467 g/mol. The SMILES string of the molecule is CC(=O)Nc1ccc(NC(=O)[C@@H](C)Sc2nc3ccccc3c(=O)n2C[C@H]2CCCO2)cc1. The Balaban J connectivity index is 1.53. The van der Waals surface area contributed by atoms with E-state index in [1.807, 2.05) is 12.1 Å². The average Bonchev–Trinajstić information content (AvgIpc) is 3.30. The molecule has 0 spiro atoms. The van der Waals surface area contributed by atoms with Crippen LogP contribution in [0.1, 0.15) is 26.7 Å². The highest BCUT2D eigenvalue weighted by molar-refractivity contribution is 8.00. The highest BCUT2D eigenvalue weighted by Gasteiger charge is 2.23. The highest BCUT2D eigenvalue weighted by atomic mass is 32.2. The van der Waals surface area contributed by atoms with Crippen molar-refractivity contribution in [3.05, 3.63) is 58.9 Å². The van der Waals surface area contributed by atoms with E-state index in [0.717, 1.165) is 12.8 Å². The molecule has 2 N–H and O–H groups in total. The lowest BCUT2D eigenvalue weighted by molar-refractivity contribution is -0.115. The van der Waals surface area contributed by atoms with Crippen molar-refractivity contribution in [3.8, 4) is 0 Å². The van der Waals surface area contributed by atoms with Crippen molar-refractivity contribution in [2.75, 3.05) is 17.2 Å². The van der Waals surface area contributed by atoms with Crippen LogP contribution >= 0.6 is 11.8 Å². The number of anilines is 2. The van der Waals surface area contributed by atoms with Crippen LogP contribution in [0, 0.1) is 0 Å². The molecule has 0 saturated carbocycles. The normalized spacial score (nSPS) is 16.5. The Morgan fingerprint density at radius 3 is 2.52 bits per heavy atom. The van der Waals surface area contributed by atoms with Crippen molar-refractivity contribution in [3.63, 3.8) is 0 Å². The third-order valence-electron chi connectivity index (χ3n) is 5.36. The van der Waals surface area contributed by atoms with Crippen LogP contribution in [0.15, 0.2) is 58.5 Å². The minimum absolute atomic E-state index is 0.0312. The van der Waals surface area contributed by atoms with Gasteiger partial charge in [-0.1, -0.05) is 23.9 Å². The molecular formula is C24H26N4O4S. The molecule has 2 heterocycles. The van der Waals surface area contributed by atoms with E-state index in [1.54, 1.807) is 47.9 Å². The number of hydrogen-bond acceptors (Lipinski definition) is 6. The molecule has 0 unspecified atom stereocenters. The Labute approximate surface area is 195 Å². The predicted octanol–water partition coefficient (Wildman–Crippen LogP) is 3.65. The van der Waals surface area contributed by atoms with Gasteiger partial charge in [-0.15, -0.1) is 0 Å². The number of carbonyl (C=O) groups is 2. The quantitative estimate of drug-likeness (QED) is 0.407. The number of aromatic nitrogens is 2. The maximum Gasteiger partial charge on any atom is 0.262 e. The first kappa shape index (κ1) is 23.0. The standard InChI is InChI=1S/C24H26N4O4S/c1-15(22(30)26-18-11-9-17(10-12-18)25-16(2)29)33-24-27-21-8-4-3-7-20(21)23(31)28(24)14-19-6-5-13-32-19/h3-4,7-12,15,19H,5-6,13-14H2,1-2H3,(H,25,29)(H,26,30)/t15-,19-/m1/s1. The van der Waals surface area contributed by atoms with E-state index in [-0.39, 0.29) is 23.5 Å². The van der Waals surface area contributed by atoms with Crippen molar-refractivity contribution in [1.82, 2.24) is 9.55 Å². The zero-order valence-corrected chi connectivity index (χ0v) is 19.4. The summed E-state index contributed by atoms with van der Waals surface area (Å²) in [7, 11) is 0. The topological polar surface area (TPSA) is 102 Å². The van der Waals surface area contributed by atoms with Gasteiger partial charge in [-0.3, -0.25) is 19.0 Å². The first-order valence-electron chi connectivity index (χ1n) is 10.9. The Morgan fingerprint density at radius 1 is 1.15 bits per heavy atom. The highest BCUT2D eigenvalue weighted by Crippen LogP contribution is 2.25. The molecule has 2 amide bonds. The van der Waals surface area contributed by atoms with Gasteiger partial charge in [0.15, 0.2) is 5.16 Å². The van der Waals surface area contributed by atoms with E-state index < -0.39 is 5.25 Å². The van der Waals surface area contributed by atoms with Crippen LogP contribution in [0.2, 0.25) is 0 Å². The molecule has 0 aliphatic carbocycles. The number of hydrogen-bond donors (Lipinski definition) is 2. The molecule has 1 aliphatic rings. The van der Waals surface area contributed by atoms with Gasteiger partial charge in [0.25, 0.3) is 5.56 Å². The van der Waals surface area contributed by atoms with Crippen molar-refractivity contribution in [2.45, 2.75) is 49.7 Å². The van der Waals surface area contributed by atoms with Gasteiger partial charge < -0.3 is 15.4 Å². The fourth-order valence-corrected chi connectivity index (χ4v) is 4.60. The number of benzene rings is 2. The van der Waals surface area contributed by atoms with Gasteiger partial charge in [-0.05, 0) is 56.2 Å². The Hall–Kier alpha value is -3.17. The van der Waals surface area contributed by atoms with Crippen molar-refractivity contribution in [1.29, 1.82) is 0 Å². The summed E-state index contributed by atoms with van der Waals surface area (Å²) in [5.74, 6) is -0.368. The van der Waals surface area contributed by atoms with E-state index in [9.17, 15) is 14.4 Å². The van der Waals surface area contributed by atoms with Crippen LogP contribution in [-0.4, -0.2) is 39.3 Å². The third-order valence-corrected chi connectivity index (χ3v) is 6.45. The van der Waals surface area contributed by atoms with Gasteiger partial charge in [0.2, 0.25) is 11.8 Å². The van der Waals surface area contributed by atoms with Crippen LogP contribution in [0.5, 0.6) is 0 Å². The molecule has 1 saturated heterocycles. The number of para-hydroxylation sites is 1. The molecule has 9 heteroatoms. The largest absolute Gasteiger partial charge is 0.376 e. The summed E-state index contributed by atoms with van der Waals surface area (Å²) in [5.41, 5.74) is 1.75. The van der Waals surface area contributed by atoms with E-state index in [4.69, 9.17) is 9.72 Å². The zero-order valence-electron chi connectivity index (χ0n) is 18.5. The van der Waals surface area contributed by atoms with Gasteiger partial charge >= 0.3 is 0 Å². The molecule has 2 atom stereocenters. The fourth-order valence-electron chi connectivity index (χ4n) is 3.69. The molecule has 0 radical (unpaired) electrons. The number of rotatable bonds is 7. The summed E-state index contributed by atoms with van der Waals surface area (Å²) in [5, 5.41) is 6.12. The Kier molecular flexibility index (Phi) is 7.10. The van der Waals surface area contributed by atoms with Gasteiger partial charge in [-0.2, -0.15) is 0 Å². The second kappa shape index (κ2) is 10.2. The second-order valence-electron chi connectivity index (χ2n) is 7.97. The molecular weight excluding hydrogens is 440 g/mol. The van der Waals surface area contributed by atoms with Crippen LogP contribution in [0.25, 0.3) is 10.9 Å². The molecule has 0 bridgehead atoms. The minimum atomic E-state index is -0.496. The molecule has 1 aliphatic heterocycles. The monoisotopic (exact) mass is 466 g/mol. The van der Waals surface area contributed by atoms with Crippen LogP contribution in [0.4, 0.5) is 11.4 Å². The van der Waals surface area contributed by atoms with Gasteiger partial charge in [0.1, 0.15) is 0 Å². The maximum absolute atomic E-state index is 13.2. The lowest BCUT2D eigenvalue weighted by atomic mass is 10.2. The molecule has 172 valence electrons. The van der Waals surface area contributed by atoms with E-state index in [1.165, 1.54) is 18.7 Å².